The van der Waals surface area contributed by atoms with E-state index in [4.69, 9.17) is 0 Å². The summed E-state index contributed by atoms with van der Waals surface area (Å²) in [7, 11) is 0. The standard InChI is InChI=1S/C8H9BF3S/c1-7-4-2-3-5-8(7)13-6-9(10,11)12/h2-5H,6H2,1H3/q-1. The van der Waals surface area contributed by atoms with Crippen molar-refractivity contribution >= 4 is 18.7 Å². The molecule has 0 spiro atoms. The van der Waals surface area contributed by atoms with Gasteiger partial charge in [0.15, 0.2) is 0 Å². The van der Waals surface area contributed by atoms with Gasteiger partial charge >= 0.3 is 6.98 Å². The smallest absolute Gasteiger partial charge is 0.448 e. The van der Waals surface area contributed by atoms with Crippen molar-refractivity contribution in [2.24, 2.45) is 0 Å². The van der Waals surface area contributed by atoms with Crippen molar-refractivity contribution in [1.29, 1.82) is 0 Å². The molecule has 13 heavy (non-hydrogen) atoms. The molecule has 0 saturated heterocycles. The predicted molar refractivity (Wildman–Crippen MR) is 51.0 cm³/mol. The summed E-state index contributed by atoms with van der Waals surface area (Å²) in [5.74, 6) is 0. The molecule has 0 fully saturated rings. The Morgan fingerprint density at radius 1 is 1.23 bits per heavy atom. The van der Waals surface area contributed by atoms with Crippen LogP contribution in [-0.4, -0.2) is 12.6 Å². The van der Waals surface area contributed by atoms with E-state index in [-0.39, 0.29) is 0 Å². The highest BCUT2D eigenvalue weighted by Gasteiger charge is 2.22. The molecule has 0 aliphatic heterocycles. The molecule has 0 aliphatic carbocycles. The summed E-state index contributed by atoms with van der Waals surface area (Å²) in [5, 5.41) is 0. The van der Waals surface area contributed by atoms with Crippen LogP contribution in [-0.2, 0) is 0 Å². The summed E-state index contributed by atoms with van der Waals surface area (Å²) in [6, 6.07) is 7.09. The predicted octanol–water partition coefficient (Wildman–Crippen LogP) is 3.47. The Balaban J connectivity index is 2.60. The van der Waals surface area contributed by atoms with Gasteiger partial charge in [0.1, 0.15) is 0 Å². The molecule has 0 aromatic heterocycles. The van der Waals surface area contributed by atoms with Gasteiger partial charge in [-0.05, 0) is 24.2 Å². The van der Waals surface area contributed by atoms with Crippen LogP contribution in [0, 0.1) is 6.92 Å². The van der Waals surface area contributed by atoms with E-state index in [0.717, 1.165) is 17.3 Å². The fourth-order valence-electron chi connectivity index (χ4n) is 0.903. The summed E-state index contributed by atoms with van der Waals surface area (Å²) >= 11 is 0.857. The summed E-state index contributed by atoms with van der Waals surface area (Å²) in [6.45, 7) is -2.87. The van der Waals surface area contributed by atoms with Gasteiger partial charge in [0.05, 0.1) is 0 Å². The molecular formula is C8H9BF3S-. The molecule has 0 N–H and O–H groups in total. The average Bonchev–Trinajstić information content (AvgIpc) is 2.01. The summed E-state index contributed by atoms with van der Waals surface area (Å²) in [4.78, 5) is 0.710. The molecule has 1 aromatic rings. The minimum atomic E-state index is -4.68. The maximum Gasteiger partial charge on any atom is 0.488 e. The second-order valence-electron chi connectivity index (χ2n) is 2.79. The lowest BCUT2D eigenvalue weighted by molar-refractivity contribution is 0.485. The maximum absolute atomic E-state index is 11.9. The zero-order chi connectivity index (χ0) is 9.90. The minimum Gasteiger partial charge on any atom is -0.448 e. The molecule has 0 bridgehead atoms. The first-order valence-electron chi connectivity index (χ1n) is 3.88. The van der Waals surface area contributed by atoms with Crippen LogP contribution in [0.1, 0.15) is 5.56 Å². The van der Waals surface area contributed by atoms with Gasteiger partial charge in [0, 0.05) is 4.90 Å². The summed E-state index contributed by atoms with van der Waals surface area (Å²) < 4.78 is 35.7. The van der Waals surface area contributed by atoms with Crippen LogP contribution in [0.15, 0.2) is 29.2 Å². The molecule has 0 amide bonds. The Hall–Kier alpha value is -0.575. The van der Waals surface area contributed by atoms with Crippen LogP contribution >= 0.6 is 11.8 Å². The number of hydrogen-bond acceptors (Lipinski definition) is 1. The van der Waals surface area contributed by atoms with Gasteiger partial charge in [-0.1, -0.05) is 18.2 Å². The zero-order valence-corrected chi connectivity index (χ0v) is 7.95. The van der Waals surface area contributed by atoms with Gasteiger partial charge in [-0.2, -0.15) is 11.8 Å². The number of hydrogen-bond donors (Lipinski definition) is 0. The third-order valence-corrected chi connectivity index (χ3v) is 2.84. The van der Waals surface area contributed by atoms with Crippen LogP contribution < -0.4 is 0 Å². The van der Waals surface area contributed by atoms with E-state index in [2.05, 4.69) is 0 Å². The van der Waals surface area contributed by atoms with Crippen LogP contribution in [0.3, 0.4) is 0 Å². The Bertz CT molecular complexity index is 285. The van der Waals surface area contributed by atoms with Gasteiger partial charge in [0.2, 0.25) is 0 Å². The van der Waals surface area contributed by atoms with Crippen molar-refractivity contribution in [3.63, 3.8) is 0 Å². The highest BCUT2D eigenvalue weighted by Crippen LogP contribution is 2.26. The molecule has 0 atom stereocenters. The van der Waals surface area contributed by atoms with Crippen molar-refractivity contribution in [2.45, 2.75) is 11.8 Å². The third-order valence-electron chi connectivity index (χ3n) is 1.52. The highest BCUT2D eigenvalue weighted by molar-refractivity contribution is 8.00. The van der Waals surface area contributed by atoms with Crippen molar-refractivity contribution in [3.8, 4) is 0 Å². The van der Waals surface area contributed by atoms with Crippen molar-refractivity contribution in [1.82, 2.24) is 0 Å². The second-order valence-corrected chi connectivity index (χ2v) is 3.85. The van der Waals surface area contributed by atoms with E-state index in [0.29, 0.717) is 4.90 Å². The Morgan fingerprint density at radius 3 is 2.38 bits per heavy atom. The van der Waals surface area contributed by atoms with Gasteiger partial charge in [-0.15, -0.1) is 0 Å². The number of halogens is 3. The van der Waals surface area contributed by atoms with E-state index in [1.54, 1.807) is 12.1 Å². The molecule has 1 rings (SSSR count). The molecule has 0 saturated carbocycles. The van der Waals surface area contributed by atoms with Crippen molar-refractivity contribution < 1.29 is 12.9 Å². The fourth-order valence-corrected chi connectivity index (χ4v) is 1.74. The SMILES string of the molecule is Cc1ccccc1SC[B-](F)(F)F. The molecule has 0 aliphatic rings. The normalized spacial score (nSPS) is 11.7. The Kier molecular flexibility index (Phi) is 3.30. The number of aryl methyl sites for hydroxylation is 1. The molecule has 0 heterocycles. The topological polar surface area (TPSA) is 0 Å². The average molecular weight is 205 g/mol. The lowest BCUT2D eigenvalue weighted by Crippen LogP contribution is -2.18. The second kappa shape index (κ2) is 4.09. The van der Waals surface area contributed by atoms with E-state index < -0.39 is 12.6 Å². The monoisotopic (exact) mass is 205 g/mol. The summed E-state index contributed by atoms with van der Waals surface area (Å²) in [5.41, 5.74) is 0.137. The molecule has 5 heteroatoms. The third kappa shape index (κ3) is 3.76. The molecule has 1 aromatic carbocycles. The van der Waals surface area contributed by atoms with Crippen LogP contribution in [0.5, 0.6) is 0 Å². The van der Waals surface area contributed by atoms with Crippen molar-refractivity contribution in [2.75, 3.05) is 5.65 Å². The van der Waals surface area contributed by atoms with Crippen LogP contribution in [0.4, 0.5) is 12.9 Å². The van der Waals surface area contributed by atoms with E-state index in [1.165, 1.54) is 0 Å². The van der Waals surface area contributed by atoms with Crippen LogP contribution in [0.2, 0.25) is 0 Å². The van der Waals surface area contributed by atoms with Gasteiger partial charge in [-0.3, -0.25) is 0 Å². The number of thioether (sulfide) groups is 1. The lowest BCUT2D eigenvalue weighted by atomic mass is 9.98. The highest BCUT2D eigenvalue weighted by atomic mass is 32.2. The summed E-state index contributed by atoms with van der Waals surface area (Å²) in [6.07, 6.45) is 0. The quantitative estimate of drug-likeness (QED) is 0.537. The van der Waals surface area contributed by atoms with Crippen LogP contribution in [0.25, 0.3) is 0 Å². The fraction of sp³-hybridized carbons (Fsp3) is 0.250. The molecule has 0 radical (unpaired) electrons. The lowest BCUT2D eigenvalue weighted by Gasteiger charge is -2.13. The molecular weight excluding hydrogens is 196 g/mol. The number of rotatable bonds is 3. The van der Waals surface area contributed by atoms with Gasteiger partial charge in [0.25, 0.3) is 0 Å². The van der Waals surface area contributed by atoms with Gasteiger partial charge < -0.3 is 12.9 Å². The largest absolute Gasteiger partial charge is 0.488 e. The van der Waals surface area contributed by atoms with E-state index in [1.807, 2.05) is 19.1 Å². The Labute approximate surface area is 79.6 Å². The minimum absolute atomic E-state index is 0.710. The molecule has 0 unspecified atom stereocenters. The van der Waals surface area contributed by atoms with Gasteiger partial charge in [-0.25, -0.2) is 0 Å². The first-order valence-corrected chi connectivity index (χ1v) is 4.87. The van der Waals surface area contributed by atoms with E-state index >= 15 is 0 Å². The first-order chi connectivity index (χ1) is 5.99. The number of benzene rings is 1. The van der Waals surface area contributed by atoms with Crippen molar-refractivity contribution in [3.05, 3.63) is 29.8 Å². The molecule has 72 valence electrons. The zero-order valence-electron chi connectivity index (χ0n) is 7.14. The first kappa shape index (κ1) is 10.5. The molecule has 0 nitrogen and oxygen atoms in total. The maximum atomic E-state index is 11.9. The Morgan fingerprint density at radius 2 is 1.85 bits per heavy atom. The van der Waals surface area contributed by atoms with E-state index in [9.17, 15) is 12.9 Å².